The van der Waals surface area contributed by atoms with Gasteiger partial charge >= 0.3 is 5.97 Å². The second kappa shape index (κ2) is 6.16. The first-order valence-corrected chi connectivity index (χ1v) is 8.68. The van der Waals surface area contributed by atoms with Gasteiger partial charge in [-0.3, -0.25) is 0 Å². The fourth-order valence-corrected chi connectivity index (χ4v) is 3.01. The van der Waals surface area contributed by atoms with Crippen molar-refractivity contribution < 1.29 is 22.7 Å². The zero-order chi connectivity index (χ0) is 16.5. The Hall–Kier alpha value is -1.15. The highest BCUT2D eigenvalue weighted by Gasteiger charge is 2.32. The highest BCUT2D eigenvalue weighted by Crippen LogP contribution is 2.29. The molecule has 22 heavy (non-hydrogen) atoms. The molecule has 0 spiro atoms. The van der Waals surface area contributed by atoms with Gasteiger partial charge in [-0.2, -0.15) is 0 Å². The zero-order valence-electron chi connectivity index (χ0n) is 12.3. The highest BCUT2D eigenvalue weighted by atomic mass is 35.5. The van der Waals surface area contributed by atoms with E-state index in [1.54, 1.807) is 0 Å². The van der Waals surface area contributed by atoms with Crippen LogP contribution in [-0.4, -0.2) is 32.7 Å². The predicted molar refractivity (Wildman–Crippen MR) is 81.3 cm³/mol. The Balaban J connectivity index is 2.07. The topological polar surface area (TPSA) is 95.7 Å². The van der Waals surface area contributed by atoms with Crippen molar-refractivity contribution in [3.63, 3.8) is 0 Å². The maximum Gasteiger partial charge on any atom is 0.339 e. The van der Waals surface area contributed by atoms with Gasteiger partial charge in [0.25, 0.3) is 0 Å². The molecule has 122 valence electrons. The molecule has 0 radical (unpaired) electrons. The number of carbonyl (C=O) groups is 1. The van der Waals surface area contributed by atoms with Crippen molar-refractivity contribution in [1.29, 1.82) is 0 Å². The summed E-state index contributed by atoms with van der Waals surface area (Å²) in [6.45, 7) is 4.04. The third-order valence-electron chi connectivity index (χ3n) is 3.44. The molecule has 6 nitrogen and oxygen atoms in total. The molecule has 2 rings (SSSR count). The number of rotatable bonds is 4. The van der Waals surface area contributed by atoms with Crippen LogP contribution in [-0.2, 0) is 19.5 Å². The van der Waals surface area contributed by atoms with E-state index in [4.69, 9.17) is 26.2 Å². The number of esters is 1. The molecule has 0 aliphatic carbocycles. The number of benzene rings is 1. The van der Waals surface area contributed by atoms with E-state index in [0.29, 0.717) is 0 Å². The van der Waals surface area contributed by atoms with E-state index >= 15 is 0 Å². The molecule has 1 saturated heterocycles. The van der Waals surface area contributed by atoms with Crippen molar-refractivity contribution in [2.45, 2.75) is 43.3 Å². The van der Waals surface area contributed by atoms with E-state index in [2.05, 4.69) is 0 Å². The molecule has 0 saturated carbocycles. The molecule has 0 unspecified atom stereocenters. The molecule has 1 heterocycles. The molecule has 0 amide bonds. The van der Waals surface area contributed by atoms with Crippen LogP contribution in [0.5, 0.6) is 0 Å². The highest BCUT2D eigenvalue weighted by molar-refractivity contribution is 7.89. The summed E-state index contributed by atoms with van der Waals surface area (Å²) < 4.78 is 33.5. The lowest BCUT2D eigenvalue weighted by Crippen LogP contribution is -2.24. The van der Waals surface area contributed by atoms with Gasteiger partial charge in [0.1, 0.15) is 6.61 Å². The maximum absolute atomic E-state index is 12.1. The van der Waals surface area contributed by atoms with E-state index in [9.17, 15) is 13.2 Å². The molecule has 1 aromatic rings. The van der Waals surface area contributed by atoms with Crippen molar-refractivity contribution in [2.75, 3.05) is 6.61 Å². The van der Waals surface area contributed by atoms with Crippen LogP contribution < -0.4 is 5.14 Å². The van der Waals surface area contributed by atoms with E-state index in [-0.39, 0.29) is 33.8 Å². The Morgan fingerprint density at radius 1 is 1.50 bits per heavy atom. The van der Waals surface area contributed by atoms with Crippen LogP contribution in [0, 0.1) is 0 Å². The van der Waals surface area contributed by atoms with Crippen molar-refractivity contribution in [1.82, 2.24) is 0 Å². The maximum atomic E-state index is 12.1. The Kier molecular flexibility index (Phi) is 4.81. The lowest BCUT2D eigenvalue weighted by molar-refractivity contribution is -0.0444. The lowest BCUT2D eigenvalue weighted by Gasteiger charge is -2.19. The quantitative estimate of drug-likeness (QED) is 0.841. The van der Waals surface area contributed by atoms with Crippen LogP contribution in [0.4, 0.5) is 0 Å². The molecule has 2 N–H and O–H groups in total. The average Bonchev–Trinajstić information content (AvgIpc) is 2.75. The summed E-state index contributed by atoms with van der Waals surface area (Å²) in [5, 5.41) is 5.14. The first-order valence-electron chi connectivity index (χ1n) is 6.76. The number of nitrogens with two attached hydrogens (primary N) is 1. The van der Waals surface area contributed by atoms with Crippen LogP contribution in [0.3, 0.4) is 0 Å². The second-order valence-electron chi connectivity index (χ2n) is 5.82. The molecule has 0 aromatic heterocycles. The van der Waals surface area contributed by atoms with Gasteiger partial charge in [-0.25, -0.2) is 18.4 Å². The van der Waals surface area contributed by atoms with Crippen molar-refractivity contribution in [3.05, 3.63) is 28.8 Å². The van der Waals surface area contributed by atoms with Gasteiger partial charge in [0.15, 0.2) is 0 Å². The van der Waals surface area contributed by atoms with E-state index in [1.807, 2.05) is 13.8 Å². The number of hydrogen-bond donors (Lipinski definition) is 1. The monoisotopic (exact) mass is 347 g/mol. The number of primary sulfonamides is 1. The minimum atomic E-state index is -3.91. The van der Waals surface area contributed by atoms with E-state index in [0.717, 1.165) is 18.9 Å². The SMILES string of the molecule is CC1(C)CC[C@@H](COC(=O)c2cc(S(N)(=O)=O)ccc2Cl)O1. The van der Waals surface area contributed by atoms with Gasteiger partial charge < -0.3 is 9.47 Å². The van der Waals surface area contributed by atoms with Gasteiger partial charge in [0.2, 0.25) is 10.0 Å². The molecular weight excluding hydrogens is 330 g/mol. The largest absolute Gasteiger partial charge is 0.459 e. The summed E-state index contributed by atoms with van der Waals surface area (Å²) >= 11 is 5.91. The fourth-order valence-electron chi connectivity index (χ4n) is 2.28. The second-order valence-corrected chi connectivity index (χ2v) is 7.79. The van der Waals surface area contributed by atoms with E-state index < -0.39 is 16.0 Å². The Morgan fingerprint density at radius 2 is 2.18 bits per heavy atom. The Morgan fingerprint density at radius 3 is 2.73 bits per heavy atom. The molecular formula is C14H18ClNO5S. The third kappa shape index (κ3) is 4.19. The van der Waals surface area contributed by atoms with Crippen LogP contribution >= 0.6 is 11.6 Å². The van der Waals surface area contributed by atoms with Gasteiger partial charge in [-0.15, -0.1) is 0 Å². The lowest BCUT2D eigenvalue weighted by atomic mass is 10.1. The van der Waals surface area contributed by atoms with Gasteiger partial charge in [0.05, 0.1) is 27.2 Å². The molecule has 1 atom stereocenters. The van der Waals surface area contributed by atoms with Gasteiger partial charge in [-0.05, 0) is 44.9 Å². The number of halogens is 1. The smallest absolute Gasteiger partial charge is 0.339 e. The Labute approximate surface area is 134 Å². The fraction of sp³-hybridized carbons (Fsp3) is 0.500. The zero-order valence-corrected chi connectivity index (χ0v) is 13.9. The average molecular weight is 348 g/mol. The normalized spacial score (nSPS) is 20.8. The van der Waals surface area contributed by atoms with E-state index in [1.165, 1.54) is 12.1 Å². The Bertz CT molecular complexity index is 686. The van der Waals surface area contributed by atoms with Crippen LogP contribution in [0.1, 0.15) is 37.0 Å². The number of carbonyl (C=O) groups excluding carboxylic acids is 1. The molecule has 0 bridgehead atoms. The van der Waals surface area contributed by atoms with Crippen LogP contribution in [0.25, 0.3) is 0 Å². The molecule has 1 aliphatic heterocycles. The molecule has 1 fully saturated rings. The van der Waals surface area contributed by atoms with Crippen LogP contribution in [0.2, 0.25) is 5.02 Å². The minimum absolute atomic E-state index is 0.0366. The molecule has 1 aromatic carbocycles. The summed E-state index contributed by atoms with van der Waals surface area (Å²) in [5.41, 5.74) is -0.257. The van der Waals surface area contributed by atoms with Crippen molar-refractivity contribution in [2.24, 2.45) is 5.14 Å². The first kappa shape index (κ1) is 17.2. The first-order chi connectivity index (χ1) is 10.1. The minimum Gasteiger partial charge on any atom is -0.459 e. The standard InChI is InChI=1S/C14H18ClNO5S/c1-14(2)6-5-9(21-14)8-20-13(17)11-7-10(22(16,18)19)3-4-12(11)15/h3-4,7,9H,5-6,8H2,1-2H3,(H2,16,18,19)/t9-/m0/s1. The van der Waals surface area contributed by atoms with Crippen LogP contribution in [0.15, 0.2) is 23.1 Å². The summed E-state index contributed by atoms with van der Waals surface area (Å²) in [6, 6.07) is 3.64. The molecule has 1 aliphatic rings. The third-order valence-corrected chi connectivity index (χ3v) is 4.68. The number of ether oxygens (including phenoxy) is 2. The van der Waals surface area contributed by atoms with Crippen molar-refractivity contribution in [3.8, 4) is 0 Å². The predicted octanol–water partition coefficient (Wildman–Crippen LogP) is 2.10. The summed E-state index contributed by atoms with van der Waals surface area (Å²) in [6.07, 6.45) is 1.52. The summed E-state index contributed by atoms with van der Waals surface area (Å²) in [5.74, 6) is -0.705. The van der Waals surface area contributed by atoms with Gasteiger partial charge in [-0.1, -0.05) is 11.6 Å². The summed E-state index contributed by atoms with van der Waals surface area (Å²) in [7, 11) is -3.91. The van der Waals surface area contributed by atoms with Crippen molar-refractivity contribution >= 4 is 27.6 Å². The molecule has 8 heteroatoms. The number of sulfonamides is 1. The summed E-state index contributed by atoms with van der Waals surface area (Å²) in [4.78, 5) is 11.9. The van der Waals surface area contributed by atoms with Gasteiger partial charge in [0, 0.05) is 0 Å². The number of hydrogen-bond acceptors (Lipinski definition) is 5.